The summed E-state index contributed by atoms with van der Waals surface area (Å²) in [5.41, 5.74) is 2.68. The molecule has 0 radical (unpaired) electrons. The number of allylic oxidation sites excluding steroid dienone is 1. The molecule has 0 fully saturated rings. The fraction of sp³-hybridized carbons (Fsp3) is 0.118. The second kappa shape index (κ2) is 6.01. The van der Waals surface area contributed by atoms with Crippen molar-refractivity contribution in [2.75, 3.05) is 0 Å². The normalized spacial score (nSPS) is 9.95. The molecule has 0 saturated carbocycles. The highest BCUT2D eigenvalue weighted by atomic mass is 16.5. The average Bonchev–Trinajstić information content (AvgIpc) is 2.45. The van der Waals surface area contributed by atoms with Gasteiger partial charge in [0.1, 0.15) is 12.4 Å². The Hall–Kier alpha value is -2.35. The van der Waals surface area contributed by atoms with Crippen molar-refractivity contribution in [2.24, 2.45) is 0 Å². The quantitative estimate of drug-likeness (QED) is 0.595. The average molecular weight is 252 g/mol. The Balaban J connectivity index is 2.08. The Bertz CT molecular complexity index is 585. The van der Waals surface area contributed by atoms with Gasteiger partial charge in [-0.1, -0.05) is 36.9 Å². The molecular weight excluding hydrogens is 236 g/mol. The van der Waals surface area contributed by atoms with Crippen LogP contribution in [0.5, 0.6) is 5.75 Å². The molecule has 2 rings (SSSR count). The smallest absolute Gasteiger partial charge is 0.185 e. The summed E-state index contributed by atoms with van der Waals surface area (Å²) >= 11 is 0. The van der Waals surface area contributed by atoms with Gasteiger partial charge in [-0.3, -0.25) is 4.79 Å². The van der Waals surface area contributed by atoms with Crippen molar-refractivity contribution in [3.05, 3.63) is 77.9 Å². The Morgan fingerprint density at radius 1 is 1.21 bits per heavy atom. The fourth-order valence-corrected chi connectivity index (χ4v) is 1.85. The van der Waals surface area contributed by atoms with E-state index in [0.717, 1.165) is 16.9 Å². The predicted octanol–water partition coefficient (Wildman–Crippen LogP) is 3.94. The summed E-state index contributed by atoms with van der Waals surface area (Å²) in [7, 11) is 0. The van der Waals surface area contributed by atoms with Crippen molar-refractivity contribution in [1.82, 2.24) is 0 Å². The van der Waals surface area contributed by atoms with Crippen LogP contribution in [0, 0.1) is 6.92 Å². The zero-order valence-corrected chi connectivity index (χ0v) is 10.9. The van der Waals surface area contributed by atoms with Crippen molar-refractivity contribution in [3.63, 3.8) is 0 Å². The van der Waals surface area contributed by atoms with E-state index < -0.39 is 0 Å². The zero-order valence-electron chi connectivity index (χ0n) is 10.9. The van der Waals surface area contributed by atoms with E-state index in [0.29, 0.717) is 12.2 Å². The van der Waals surface area contributed by atoms with Crippen LogP contribution >= 0.6 is 0 Å². The van der Waals surface area contributed by atoms with E-state index in [9.17, 15) is 4.79 Å². The fourth-order valence-electron chi connectivity index (χ4n) is 1.85. The second-order valence-corrected chi connectivity index (χ2v) is 4.32. The first-order valence-electron chi connectivity index (χ1n) is 6.15. The van der Waals surface area contributed by atoms with Gasteiger partial charge in [0.25, 0.3) is 0 Å². The van der Waals surface area contributed by atoms with Gasteiger partial charge in [0.2, 0.25) is 0 Å². The molecule has 19 heavy (non-hydrogen) atoms. The first-order chi connectivity index (χ1) is 9.20. The molecule has 0 amide bonds. The number of carbonyl (C=O) groups is 1. The van der Waals surface area contributed by atoms with Crippen molar-refractivity contribution in [2.45, 2.75) is 13.5 Å². The first kappa shape index (κ1) is 13.1. The number of ether oxygens (including phenoxy) is 1. The van der Waals surface area contributed by atoms with Crippen molar-refractivity contribution < 1.29 is 9.53 Å². The van der Waals surface area contributed by atoms with E-state index in [1.54, 1.807) is 6.07 Å². The summed E-state index contributed by atoms with van der Waals surface area (Å²) in [4.78, 5) is 11.6. The molecule has 2 aromatic carbocycles. The van der Waals surface area contributed by atoms with Gasteiger partial charge in [0, 0.05) is 5.56 Å². The first-order valence-corrected chi connectivity index (χ1v) is 6.15. The highest BCUT2D eigenvalue weighted by molar-refractivity contribution is 6.05. The van der Waals surface area contributed by atoms with Crippen LogP contribution in [0.3, 0.4) is 0 Å². The zero-order chi connectivity index (χ0) is 13.7. The van der Waals surface area contributed by atoms with Gasteiger partial charge in [-0.15, -0.1) is 0 Å². The lowest BCUT2D eigenvalue weighted by Crippen LogP contribution is -1.99. The predicted molar refractivity (Wildman–Crippen MR) is 76.5 cm³/mol. The molecule has 0 aliphatic rings. The number of carbonyl (C=O) groups excluding carboxylic acids is 1. The molecule has 0 atom stereocenters. The van der Waals surface area contributed by atoms with Crippen LogP contribution in [0.2, 0.25) is 0 Å². The number of hydrogen-bond donors (Lipinski definition) is 0. The molecule has 0 unspecified atom stereocenters. The van der Waals surface area contributed by atoms with Crippen molar-refractivity contribution in [1.29, 1.82) is 0 Å². The van der Waals surface area contributed by atoms with E-state index in [2.05, 4.69) is 6.58 Å². The van der Waals surface area contributed by atoms with Crippen molar-refractivity contribution >= 4 is 5.78 Å². The van der Waals surface area contributed by atoms with Gasteiger partial charge < -0.3 is 4.74 Å². The molecule has 0 saturated heterocycles. The van der Waals surface area contributed by atoms with E-state index in [1.807, 2.05) is 49.4 Å². The maximum Gasteiger partial charge on any atom is 0.185 e. The molecule has 0 aromatic heterocycles. The van der Waals surface area contributed by atoms with Crippen LogP contribution in [0.25, 0.3) is 0 Å². The lowest BCUT2D eigenvalue weighted by molar-refractivity contribution is 0.104. The van der Waals surface area contributed by atoms with Gasteiger partial charge in [0.05, 0.1) is 0 Å². The summed E-state index contributed by atoms with van der Waals surface area (Å²) in [5, 5.41) is 0. The molecular formula is C17H16O2. The van der Waals surface area contributed by atoms with Gasteiger partial charge in [-0.2, -0.15) is 0 Å². The van der Waals surface area contributed by atoms with E-state index in [1.165, 1.54) is 6.08 Å². The largest absolute Gasteiger partial charge is 0.489 e. The van der Waals surface area contributed by atoms with E-state index in [-0.39, 0.29) is 5.78 Å². The van der Waals surface area contributed by atoms with Crippen molar-refractivity contribution in [3.8, 4) is 5.75 Å². The molecule has 2 heteroatoms. The molecule has 0 aliphatic heterocycles. The lowest BCUT2D eigenvalue weighted by Gasteiger charge is -2.09. The summed E-state index contributed by atoms with van der Waals surface area (Å²) in [6.45, 7) is 5.91. The highest BCUT2D eigenvalue weighted by Crippen LogP contribution is 2.19. The van der Waals surface area contributed by atoms with E-state index >= 15 is 0 Å². The number of hydrogen-bond acceptors (Lipinski definition) is 2. The third kappa shape index (κ3) is 3.32. The third-order valence-corrected chi connectivity index (χ3v) is 2.90. The SMILES string of the molecule is C=CC(=O)c1ccc(OCc2ccccc2)cc1C. The van der Waals surface area contributed by atoms with Crippen LogP contribution in [-0.4, -0.2) is 5.78 Å². The molecule has 2 nitrogen and oxygen atoms in total. The Labute approximate surface area is 113 Å². The monoisotopic (exact) mass is 252 g/mol. The maximum atomic E-state index is 11.6. The summed E-state index contributed by atoms with van der Waals surface area (Å²) in [5.74, 6) is 0.703. The summed E-state index contributed by atoms with van der Waals surface area (Å²) in [6.07, 6.45) is 1.33. The summed E-state index contributed by atoms with van der Waals surface area (Å²) < 4.78 is 5.70. The van der Waals surface area contributed by atoms with Crippen LogP contribution in [0.15, 0.2) is 61.2 Å². The lowest BCUT2D eigenvalue weighted by atomic mass is 10.0. The van der Waals surface area contributed by atoms with Crippen LogP contribution in [0.1, 0.15) is 21.5 Å². The molecule has 96 valence electrons. The van der Waals surface area contributed by atoms with Gasteiger partial charge in [-0.05, 0) is 42.3 Å². The Kier molecular flexibility index (Phi) is 4.14. The van der Waals surface area contributed by atoms with Crippen LogP contribution < -0.4 is 4.74 Å². The van der Waals surface area contributed by atoms with E-state index in [4.69, 9.17) is 4.74 Å². The number of benzene rings is 2. The van der Waals surface area contributed by atoms with Gasteiger partial charge >= 0.3 is 0 Å². The molecule has 0 aliphatic carbocycles. The van der Waals surface area contributed by atoms with Gasteiger partial charge in [0.15, 0.2) is 5.78 Å². The Morgan fingerprint density at radius 2 is 1.95 bits per heavy atom. The molecule has 2 aromatic rings. The molecule has 0 N–H and O–H groups in total. The minimum absolute atomic E-state index is 0.0629. The summed E-state index contributed by atoms with van der Waals surface area (Å²) in [6, 6.07) is 15.4. The number of aryl methyl sites for hydroxylation is 1. The standard InChI is InChI=1S/C17H16O2/c1-3-17(18)16-10-9-15(11-13(16)2)19-12-14-7-5-4-6-8-14/h3-11H,1,12H2,2H3. The molecule has 0 heterocycles. The van der Waals surface area contributed by atoms with Gasteiger partial charge in [-0.25, -0.2) is 0 Å². The minimum Gasteiger partial charge on any atom is -0.489 e. The third-order valence-electron chi connectivity index (χ3n) is 2.90. The van der Waals surface area contributed by atoms with Crippen LogP contribution in [0.4, 0.5) is 0 Å². The topological polar surface area (TPSA) is 26.3 Å². The molecule has 0 spiro atoms. The Morgan fingerprint density at radius 3 is 2.58 bits per heavy atom. The number of ketones is 1. The minimum atomic E-state index is -0.0629. The second-order valence-electron chi connectivity index (χ2n) is 4.32. The number of rotatable bonds is 5. The maximum absolute atomic E-state index is 11.6. The highest BCUT2D eigenvalue weighted by Gasteiger charge is 2.06. The molecule has 0 bridgehead atoms. The van der Waals surface area contributed by atoms with Crippen LogP contribution in [-0.2, 0) is 6.61 Å².